The largest absolute Gasteiger partial charge is 1.00 e. The van der Waals surface area contributed by atoms with Crippen molar-refractivity contribution in [2.24, 2.45) is 0 Å². The van der Waals surface area contributed by atoms with Crippen LogP contribution in [-0.2, 0) is 47.1 Å². The molecule has 0 aliphatic carbocycles. The van der Waals surface area contributed by atoms with Crippen LogP contribution in [0.2, 0.25) is 0 Å². The van der Waals surface area contributed by atoms with Gasteiger partial charge in [-0.3, -0.25) is 0 Å². The Kier molecular flexibility index (Phi) is 46.9. The van der Waals surface area contributed by atoms with Crippen LogP contribution in [-0.4, -0.2) is 42.0 Å². The van der Waals surface area contributed by atoms with Crippen molar-refractivity contribution in [1.29, 1.82) is 0 Å². The number of carbonyl (C=O) groups excluding carboxylic acids is 2. The average molecular weight is 829 g/mol. The van der Waals surface area contributed by atoms with Crippen molar-refractivity contribution in [2.45, 2.75) is 219 Å². The number of hydrogen-bond donors (Lipinski definition) is 0. The van der Waals surface area contributed by atoms with Gasteiger partial charge in [0.15, 0.2) is 0 Å². The fraction of sp³-hybridized carbons (Fsp3) is 0.900. The Balaban J connectivity index is -0.00000217. The second kappa shape index (κ2) is 43.1. The van der Waals surface area contributed by atoms with E-state index in [-0.39, 0.29) is 75.2 Å². The molecule has 0 rings (SSSR count). The van der Waals surface area contributed by atoms with E-state index in [0.717, 1.165) is 51.4 Å². The van der Waals surface area contributed by atoms with E-state index < -0.39 is 32.7 Å². The van der Waals surface area contributed by atoms with Crippen molar-refractivity contribution in [3.63, 3.8) is 0 Å². The summed E-state index contributed by atoms with van der Waals surface area (Å²) < 4.78 is 65.4. The molecule has 14 heteroatoms. The topological polar surface area (TPSA) is 139 Å². The van der Waals surface area contributed by atoms with Crippen LogP contribution in [0.1, 0.15) is 222 Å². The summed E-state index contributed by atoms with van der Waals surface area (Å²) in [6.07, 6.45) is 39.0. The smallest absolute Gasteiger partial charge is 1.00 e. The van der Waals surface area contributed by atoms with Gasteiger partial charge in [-0.15, -0.1) is 0 Å². The van der Waals surface area contributed by atoms with Gasteiger partial charge in [0.2, 0.25) is 0 Å². The van der Waals surface area contributed by atoms with Gasteiger partial charge in [-0.05, 0) is 12.8 Å². The van der Waals surface area contributed by atoms with Crippen molar-refractivity contribution < 1.29 is 105 Å². The predicted octanol–water partition coefficient (Wildman–Crippen LogP) is 5.91. The Labute approximate surface area is 379 Å². The van der Waals surface area contributed by atoms with Gasteiger partial charge in [0, 0.05) is 12.2 Å². The number of rotatable bonds is 40. The number of hydrogen-bond acceptors (Lipinski definition) is 10. The molecule has 0 atom stereocenters. The molecule has 312 valence electrons. The van der Waals surface area contributed by atoms with Crippen molar-refractivity contribution in [1.82, 2.24) is 0 Å². The summed E-state index contributed by atoms with van der Waals surface area (Å²) in [6, 6.07) is 0. The van der Waals surface area contributed by atoms with Crippen molar-refractivity contribution in [3.05, 3.63) is 12.2 Å². The fourth-order valence-electron chi connectivity index (χ4n) is 6.06. The summed E-state index contributed by atoms with van der Waals surface area (Å²) in [5.41, 5.74) is 0. The first-order chi connectivity index (χ1) is 25.1. The zero-order valence-electron chi connectivity index (χ0n) is 37.1. The van der Waals surface area contributed by atoms with E-state index in [4.69, 9.17) is 8.37 Å². The van der Waals surface area contributed by atoms with Crippen LogP contribution in [0.3, 0.4) is 0 Å². The van der Waals surface area contributed by atoms with Gasteiger partial charge in [-0.25, -0.2) is 18.0 Å². The predicted molar refractivity (Wildman–Crippen MR) is 212 cm³/mol. The monoisotopic (exact) mass is 828 g/mol. The molecule has 0 aliphatic rings. The molecule has 0 saturated carbocycles. The standard InChI is InChI=1S/C40H76O10S2.2Na.2H/c1-3-5-7-9-11-13-15-17-19-21-23-25-27-29-31-33-37-47-51(43,44)49-39(41)35-36-40(42)50-52(45,46)48-38-34-32-30-28-26-24-22-20-18-16-14-12-10-8-6-4-2;;;;/h35-36H,3-34,37-38H2,1-2H3;;;;/q;2*+1;2*-1/b36-35+;;;;. The summed E-state index contributed by atoms with van der Waals surface area (Å²) >= 11 is 0. The molecule has 0 N–H and O–H groups in total. The summed E-state index contributed by atoms with van der Waals surface area (Å²) in [7, 11) is -9.23. The second-order valence-corrected chi connectivity index (χ2v) is 16.6. The third-order valence-corrected chi connectivity index (χ3v) is 10.8. The van der Waals surface area contributed by atoms with E-state index in [2.05, 4.69) is 22.2 Å². The van der Waals surface area contributed by atoms with Crippen LogP contribution in [0.25, 0.3) is 0 Å². The maximum Gasteiger partial charge on any atom is 1.00 e. The van der Waals surface area contributed by atoms with Gasteiger partial charge < -0.3 is 11.2 Å². The van der Waals surface area contributed by atoms with Crippen LogP contribution in [0.15, 0.2) is 12.2 Å². The van der Waals surface area contributed by atoms with E-state index in [9.17, 15) is 26.4 Å². The second-order valence-electron chi connectivity index (χ2n) is 14.2. The minimum atomic E-state index is -4.62. The number of carbonyl (C=O) groups is 2. The molecule has 54 heavy (non-hydrogen) atoms. The third-order valence-electron chi connectivity index (χ3n) is 9.18. The molecular weight excluding hydrogens is 751 g/mol. The maximum atomic E-state index is 11.9. The number of unbranched alkanes of at least 4 members (excludes halogenated alkanes) is 30. The first-order valence-corrected chi connectivity index (χ1v) is 23.7. The van der Waals surface area contributed by atoms with Crippen LogP contribution < -0.4 is 59.1 Å². The summed E-state index contributed by atoms with van der Waals surface area (Å²) in [4.78, 5) is 23.6. The third kappa shape index (κ3) is 45.2. The van der Waals surface area contributed by atoms with E-state index in [1.54, 1.807) is 0 Å². The minimum absolute atomic E-state index is 0. The molecule has 0 heterocycles. The Morgan fingerprint density at radius 1 is 0.370 bits per heavy atom. The first kappa shape index (κ1) is 58.8. The first-order valence-electron chi connectivity index (χ1n) is 21.1. The van der Waals surface area contributed by atoms with E-state index in [0.29, 0.717) is 25.0 Å². The van der Waals surface area contributed by atoms with E-state index >= 15 is 0 Å². The van der Waals surface area contributed by atoms with Gasteiger partial charge in [0.1, 0.15) is 0 Å². The normalized spacial score (nSPS) is 11.7. The van der Waals surface area contributed by atoms with Gasteiger partial charge >= 0.3 is 91.9 Å². The van der Waals surface area contributed by atoms with Gasteiger partial charge in [0.25, 0.3) is 0 Å². The molecule has 0 bridgehead atoms. The van der Waals surface area contributed by atoms with Crippen LogP contribution in [0.4, 0.5) is 0 Å². The molecule has 0 fully saturated rings. The molecule has 0 unspecified atom stereocenters. The van der Waals surface area contributed by atoms with Crippen molar-refractivity contribution in [2.75, 3.05) is 13.2 Å². The van der Waals surface area contributed by atoms with E-state index in [1.807, 2.05) is 0 Å². The Morgan fingerprint density at radius 2 is 0.556 bits per heavy atom. The summed E-state index contributed by atoms with van der Waals surface area (Å²) in [5.74, 6) is -2.84. The molecular formula is C40H78Na2O10S2. The Hall–Kier alpha value is 0.500. The molecule has 0 saturated heterocycles. The summed E-state index contributed by atoms with van der Waals surface area (Å²) in [6.45, 7) is 4.23. The van der Waals surface area contributed by atoms with Crippen LogP contribution in [0.5, 0.6) is 0 Å². The molecule has 0 spiro atoms. The fourth-order valence-corrected chi connectivity index (χ4v) is 7.32. The minimum Gasteiger partial charge on any atom is -1.00 e. The Bertz CT molecular complexity index is 1010. The molecule has 0 radical (unpaired) electrons. The SMILES string of the molecule is CCCCCCCCCCCCCCCCCCOS(=O)(=O)OC(=O)/C=C/C(=O)OS(=O)(=O)OCCCCCCCCCCCCCCCCCC.[H-].[H-].[Na+].[Na+]. The zero-order chi connectivity index (χ0) is 38.4. The van der Waals surface area contributed by atoms with Crippen LogP contribution in [0, 0.1) is 0 Å². The quantitative estimate of drug-likeness (QED) is 0.0417. The molecule has 0 aromatic heterocycles. The zero-order valence-corrected chi connectivity index (χ0v) is 40.7. The van der Waals surface area contributed by atoms with Crippen molar-refractivity contribution in [3.8, 4) is 0 Å². The maximum absolute atomic E-state index is 11.9. The van der Waals surface area contributed by atoms with Gasteiger partial charge in [-0.1, -0.05) is 206 Å². The summed E-state index contributed by atoms with van der Waals surface area (Å²) in [5, 5.41) is 0. The average Bonchev–Trinajstić information content (AvgIpc) is 3.09. The Morgan fingerprint density at radius 3 is 0.759 bits per heavy atom. The van der Waals surface area contributed by atoms with E-state index in [1.165, 1.54) is 141 Å². The molecule has 0 aromatic carbocycles. The molecule has 0 aromatic rings. The van der Waals surface area contributed by atoms with Crippen LogP contribution >= 0.6 is 0 Å². The van der Waals surface area contributed by atoms with Crippen molar-refractivity contribution >= 4 is 32.7 Å². The molecule has 0 aliphatic heterocycles. The van der Waals surface area contributed by atoms with Gasteiger partial charge in [0.05, 0.1) is 13.2 Å². The molecule has 0 amide bonds. The van der Waals surface area contributed by atoms with Gasteiger partial charge in [-0.2, -0.15) is 16.8 Å². The molecule has 10 nitrogen and oxygen atoms in total.